The predicted molar refractivity (Wildman–Crippen MR) is 74.8 cm³/mol. The van der Waals surface area contributed by atoms with E-state index in [0.29, 0.717) is 19.3 Å². The monoisotopic (exact) mass is 262 g/mol. The van der Waals surface area contributed by atoms with Crippen molar-refractivity contribution in [2.75, 3.05) is 33.4 Å². The second-order valence-electron chi connectivity index (χ2n) is 5.39. The molecule has 0 amide bonds. The van der Waals surface area contributed by atoms with E-state index in [-0.39, 0.29) is 0 Å². The Morgan fingerprint density at radius 2 is 2.11 bits per heavy atom. The van der Waals surface area contributed by atoms with Gasteiger partial charge in [-0.3, -0.25) is 0 Å². The zero-order chi connectivity index (χ0) is 13.1. The summed E-state index contributed by atoms with van der Waals surface area (Å²) in [6.07, 6.45) is 2.64. The Bertz CT molecular complexity index is 436. The number of hydrogen-bond acceptors (Lipinski definition) is 4. The van der Waals surface area contributed by atoms with Crippen LogP contribution in [0, 0.1) is 0 Å². The van der Waals surface area contributed by atoms with E-state index in [1.165, 1.54) is 24.9 Å². The smallest absolute Gasteiger partial charge is 0.161 e. The van der Waals surface area contributed by atoms with Crippen molar-refractivity contribution < 1.29 is 9.47 Å². The Kier molecular flexibility index (Phi) is 3.89. The zero-order valence-electron chi connectivity index (χ0n) is 11.5. The molecule has 1 saturated heterocycles. The van der Waals surface area contributed by atoms with Gasteiger partial charge in [-0.15, -0.1) is 0 Å². The third-order valence-electron chi connectivity index (χ3n) is 3.99. The number of likely N-dealkylation sites (N-methyl/N-ethyl adjacent to an activating group) is 1. The van der Waals surface area contributed by atoms with Crippen molar-refractivity contribution in [2.45, 2.75) is 25.4 Å². The van der Waals surface area contributed by atoms with Crippen LogP contribution in [0.2, 0.25) is 0 Å². The third-order valence-corrected chi connectivity index (χ3v) is 3.99. The first-order valence-corrected chi connectivity index (χ1v) is 7.12. The van der Waals surface area contributed by atoms with E-state index in [0.717, 1.165) is 24.6 Å². The van der Waals surface area contributed by atoms with Crippen LogP contribution in [0.5, 0.6) is 11.5 Å². The molecule has 1 atom stereocenters. The topological polar surface area (TPSA) is 33.7 Å². The van der Waals surface area contributed by atoms with E-state index in [4.69, 9.17) is 9.47 Å². The Morgan fingerprint density at radius 1 is 1.26 bits per heavy atom. The molecule has 0 spiro atoms. The predicted octanol–water partition coefficient (Wildman–Crippen LogP) is 1.64. The molecule has 1 aromatic carbocycles. The van der Waals surface area contributed by atoms with Gasteiger partial charge in [-0.05, 0) is 44.1 Å². The molecule has 4 heteroatoms. The number of likely N-dealkylation sites (tertiary alicyclic amines) is 1. The van der Waals surface area contributed by atoms with Gasteiger partial charge in [0.1, 0.15) is 13.2 Å². The molecule has 1 aromatic rings. The van der Waals surface area contributed by atoms with Crippen LogP contribution in [0.4, 0.5) is 0 Å². The minimum atomic E-state index is 0.650. The highest BCUT2D eigenvalue weighted by molar-refractivity contribution is 5.43. The highest BCUT2D eigenvalue weighted by atomic mass is 16.6. The molecule has 1 fully saturated rings. The van der Waals surface area contributed by atoms with Gasteiger partial charge >= 0.3 is 0 Å². The molecule has 0 aliphatic carbocycles. The summed E-state index contributed by atoms with van der Waals surface area (Å²) < 4.78 is 11.1. The van der Waals surface area contributed by atoms with Crippen LogP contribution in [0.15, 0.2) is 18.2 Å². The van der Waals surface area contributed by atoms with Crippen LogP contribution in [-0.2, 0) is 6.54 Å². The lowest BCUT2D eigenvalue weighted by Crippen LogP contribution is -2.35. The lowest BCUT2D eigenvalue weighted by atomic mass is 10.1. The quantitative estimate of drug-likeness (QED) is 0.894. The van der Waals surface area contributed by atoms with Gasteiger partial charge < -0.3 is 19.7 Å². The lowest BCUT2D eigenvalue weighted by Gasteiger charge is -2.21. The Labute approximate surface area is 114 Å². The maximum Gasteiger partial charge on any atom is 0.161 e. The molecule has 2 heterocycles. The lowest BCUT2D eigenvalue weighted by molar-refractivity contribution is 0.171. The van der Waals surface area contributed by atoms with Crippen molar-refractivity contribution in [2.24, 2.45) is 0 Å². The summed E-state index contributed by atoms with van der Waals surface area (Å²) in [7, 11) is 2.21. The zero-order valence-corrected chi connectivity index (χ0v) is 11.5. The average molecular weight is 262 g/mol. The Hall–Kier alpha value is -1.26. The molecular weight excluding hydrogens is 240 g/mol. The van der Waals surface area contributed by atoms with E-state index < -0.39 is 0 Å². The normalized spacial score (nSPS) is 22.7. The molecule has 1 N–H and O–H groups in total. The molecule has 3 rings (SSSR count). The second-order valence-corrected chi connectivity index (χ2v) is 5.39. The molecule has 104 valence electrons. The van der Waals surface area contributed by atoms with E-state index in [1.807, 2.05) is 6.07 Å². The first kappa shape index (κ1) is 12.8. The molecule has 2 aliphatic rings. The van der Waals surface area contributed by atoms with Crippen LogP contribution in [0.3, 0.4) is 0 Å². The van der Waals surface area contributed by atoms with Gasteiger partial charge in [0.2, 0.25) is 0 Å². The van der Waals surface area contributed by atoms with E-state index >= 15 is 0 Å². The van der Waals surface area contributed by atoms with E-state index in [1.54, 1.807) is 0 Å². The van der Waals surface area contributed by atoms with Crippen LogP contribution >= 0.6 is 0 Å². The van der Waals surface area contributed by atoms with Crippen LogP contribution in [0.25, 0.3) is 0 Å². The fourth-order valence-corrected chi connectivity index (χ4v) is 2.82. The van der Waals surface area contributed by atoms with Crippen molar-refractivity contribution in [3.05, 3.63) is 23.8 Å². The molecule has 2 aliphatic heterocycles. The molecule has 0 saturated carbocycles. The number of hydrogen-bond donors (Lipinski definition) is 1. The molecular formula is C15H22N2O2. The van der Waals surface area contributed by atoms with Gasteiger partial charge in [0.25, 0.3) is 0 Å². The summed E-state index contributed by atoms with van der Waals surface area (Å²) in [4.78, 5) is 2.44. The van der Waals surface area contributed by atoms with Crippen molar-refractivity contribution in [1.82, 2.24) is 10.2 Å². The fraction of sp³-hybridized carbons (Fsp3) is 0.600. The van der Waals surface area contributed by atoms with Gasteiger partial charge in [0, 0.05) is 19.1 Å². The summed E-state index contributed by atoms with van der Waals surface area (Å²) in [5.41, 5.74) is 1.25. The van der Waals surface area contributed by atoms with Crippen molar-refractivity contribution in [1.29, 1.82) is 0 Å². The maximum absolute atomic E-state index is 5.60. The van der Waals surface area contributed by atoms with E-state index in [2.05, 4.69) is 29.4 Å². The van der Waals surface area contributed by atoms with Crippen molar-refractivity contribution >= 4 is 0 Å². The van der Waals surface area contributed by atoms with Gasteiger partial charge in [0.15, 0.2) is 11.5 Å². The van der Waals surface area contributed by atoms with E-state index in [9.17, 15) is 0 Å². The van der Waals surface area contributed by atoms with Crippen molar-refractivity contribution in [3.63, 3.8) is 0 Å². The first-order valence-electron chi connectivity index (χ1n) is 7.12. The van der Waals surface area contributed by atoms with Crippen LogP contribution in [0.1, 0.15) is 18.4 Å². The number of benzene rings is 1. The van der Waals surface area contributed by atoms with Gasteiger partial charge in [-0.2, -0.15) is 0 Å². The highest BCUT2D eigenvalue weighted by Crippen LogP contribution is 2.30. The Balaban J connectivity index is 1.52. The summed E-state index contributed by atoms with van der Waals surface area (Å²) in [6.45, 7) is 4.48. The fourth-order valence-electron chi connectivity index (χ4n) is 2.82. The minimum Gasteiger partial charge on any atom is -0.486 e. The molecule has 0 aromatic heterocycles. The highest BCUT2D eigenvalue weighted by Gasteiger charge is 2.20. The summed E-state index contributed by atoms with van der Waals surface area (Å²) in [6, 6.07) is 6.89. The number of nitrogens with zero attached hydrogens (tertiary/aromatic N) is 1. The SMILES string of the molecule is CN1CCCC1CNCc1ccc2c(c1)OCCO2. The first-order chi connectivity index (χ1) is 9.33. The van der Waals surface area contributed by atoms with Crippen LogP contribution in [-0.4, -0.2) is 44.3 Å². The largest absolute Gasteiger partial charge is 0.486 e. The summed E-state index contributed by atoms with van der Waals surface area (Å²) >= 11 is 0. The second kappa shape index (κ2) is 5.80. The molecule has 1 unspecified atom stereocenters. The number of fused-ring (bicyclic) bond motifs is 1. The number of ether oxygens (including phenoxy) is 2. The average Bonchev–Trinajstić information content (AvgIpc) is 2.84. The minimum absolute atomic E-state index is 0.650. The third kappa shape index (κ3) is 3.01. The molecule has 19 heavy (non-hydrogen) atoms. The summed E-state index contributed by atoms with van der Waals surface area (Å²) in [5, 5.41) is 3.54. The van der Waals surface area contributed by atoms with Gasteiger partial charge in [-0.1, -0.05) is 6.07 Å². The number of nitrogens with one attached hydrogen (secondary N) is 1. The maximum atomic E-state index is 5.60. The van der Waals surface area contributed by atoms with Crippen molar-refractivity contribution in [3.8, 4) is 11.5 Å². The van der Waals surface area contributed by atoms with Gasteiger partial charge in [0.05, 0.1) is 0 Å². The summed E-state index contributed by atoms with van der Waals surface area (Å²) in [5.74, 6) is 1.74. The van der Waals surface area contributed by atoms with Gasteiger partial charge in [-0.25, -0.2) is 0 Å². The molecule has 0 bridgehead atoms. The Morgan fingerprint density at radius 3 is 2.89 bits per heavy atom. The molecule has 0 radical (unpaired) electrons. The molecule has 4 nitrogen and oxygen atoms in total. The number of rotatable bonds is 4. The standard InChI is InChI=1S/C15H22N2O2/c1-17-6-2-3-13(17)11-16-10-12-4-5-14-15(9-12)19-8-7-18-14/h4-5,9,13,16H,2-3,6-8,10-11H2,1H3. The van der Waals surface area contributed by atoms with Crippen LogP contribution < -0.4 is 14.8 Å².